The highest BCUT2D eigenvalue weighted by Gasteiger charge is 2.07. The molecule has 0 bridgehead atoms. The van der Waals surface area contributed by atoms with Gasteiger partial charge in [0.1, 0.15) is 10.7 Å². The van der Waals surface area contributed by atoms with Crippen molar-refractivity contribution in [3.8, 4) is 11.5 Å². The number of hydrogen-bond donors (Lipinski definition) is 2. The van der Waals surface area contributed by atoms with E-state index in [1.165, 1.54) is 12.4 Å². The first-order chi connectivity index (χ1) is 10.2. The molecule has 0 amide bonds. The summed E-state index contributed by atoms with van der Waals surface area (Å²) in [6, 6.07) is 5.40. The number of H-pyrrole nitrogens is 1. The predicted molar refractivity (Wildman–Crippen MR) is 80.6 cm³/mol. The Bertz CT molecular complexity index is 715. The number of nitrogens with zero attached hydrogens (tertiary/aromatic N) is 2. The fourth-order valence-electron chi connectivity index (χ4n) is 1.65. The zero-order valence-corrected chi connectivity index (χ0v) is 12.1. The highest BCUT2D eigenvalue weighted by atomic mass is 35.5. The van der Waals surface area contributed by atoms with Gasteiger partial charge < -0.3 is 9.47 Å². The van der Waals surface area contributed by atoms with E-state index in [1.54, 1.807) is 20.3 Å². The van der Waals surface area contributed by atoms with Crippen molar-refractivity contribution in [2.45, 2.75) is 0 Å². The fourth-order valence-corrected chi connectivity index (χ4v) is 1.78. The molecule has 1 heterocycles. The number of rotatable bonds is 5. The lowest BCUT2D eigenvalue weighted by Crippen LogP contribution is -2.10. The van der Waals surface area contributed by atoms with Crippen LogP contribution in [0.1, 0.15) is 5.56 Å². The SMILES string of the molecule is COc1cccc(C=NNc2cn[nH]c(=O)c2Cl)c1OC. The minimum absolute atomic E-state index is 0.0141. The van der Waals surface area contributed by atoms with Crippen molar-refractivity contribution in [3.63, 3.8) is 0 Å². The van der Waals surface area contributed by atoms with Crippen LogP contribution in [0.15, 0.2) is 34.3 Å². The number of hydrazone groups is 1. The van der Waals surface area contributed by atoms with E-state index >= 15 is 0 Å². The van der Waals surface area contributed by atoms with E-state index in [4.69, 9.17) is 21.1 Å². The monoisotopic (exact) mass is 308 g/mol. The van der Waals surface area contributed by atoms with Crippen LogP contribution >= 0.6 is 11.6 Å². The van der Waals surface area contributed by atoms with Crippen LogP contribution in [0.5, 0.6) is 11.5 Å². The number of aromatic amines is 1. The Hall–Kier alpha value is -2.54. The van der Waals surface area contributed by atoms with Gasteiger partial charge >= 0.3 is 0 Å². The lowest BCUT2D eigenvalue weighted by molar-refractivity contribution is 0.354. The first-order valence-electron chi connectivity index (χ1n) is 5.90. The Morgan fingerprint density at radius 3 is 2.90 bits per heavy atom. The molecule has 0 unspecified atom stereocenters. The number of anilines is 1. The van der Waals surface area contributed by atoms with Crippen LogP contribution in [-0.4, -0.2) is 30.6 Å². The molecule has 110 valence electrons. The van der Waals surface area contributed by atoms with Gasteiger partial charge in [-0.2, -0.15) is 10.2 Å². The van der Waals surface area contributed by atoms with E-state index in [2.05, 4.69) is 20.7 Å². The van der Waals surface area contributed by atoms with Crippen LogP contribution in [0.25, 0.3) is 0 Å². The molecule has 8 heteroatoms. The van der Waals surface area contributed by atoms with Crippen molar-refractivity contribution < 1.29 is 9.47 Å². The van der Waals surface area contributed by atoms with Crippen molar-refractivity contribution in [1.82, 2.24) is 10.2 Å². The Balaban J connectivity index is 2.22. The van der Waals surface area contributed by atoms with Crippen molar-refractivity contribution in [2.24, 2.45) is 5.10 Å². The maximum atomic E-state index is 11.3. The zero-order valence-electron chi connectivity index (χ0n) is 11.4. The number of ether oxygens (including phenoxy) is 2. The minimum Gasteiger partial charge on any atom is -0.493 e. The summed E-state index contributed by atoms with van der Waals surface area (Å²) in [6.07, 6.45) is 2.89. The molecule has 7 nitrogen and oxygen atoms in total. The molecule has 0 saturated carbocycles. The van der Waals surface area contributed by atoms with Gasteiger partial charge in [-0.15, -0.1) is 0 Å². The lowest BCUT2D eigenvalue weighted by atomic mass is 10.2. The van der Waals surface area contributed by atoms with Gasteiger partial charge in [-0.25, -0.2) is 5.10 Å². The van der Waals surface area contributed by atoms with Crippen molar-refractivity contribution in [1.29, 1.82) is 0 Å². The van der Waals surface area contributed by atoms with Gasteiger partial charge in [0.15, 0.2) is 11.5 Å². The molecule has 1 aromatic heterocycles. The minimum atomic E-state index is -0.490. The number of halogens is 1. The van der Waals surface area contributed by atoms with Gasteiger partial charge in [0.25, 0.3) is 5.56 Å². The molecule has 21 heavy (non-hydrogen) atoms. The van der Waals surface area contributed by atoms with Gasteiger partial charge in [0, 0.05) is 5.56 Å². The van der Waals surface area contributed by atoms with E-state index in [1.807, 2.05) is 12.1 Å². The molecular formula is C13H13ClN4O3. The maximum absolute atomic E-state index is 11.3. The fraction of sp³-hybridized carbons (Fsp3) is 0.154. The smallest absolute Gasteiger partial charge is 0.285 e. The first-order valence-corrected chi connectivity index (χ1v) is 6.28. The van der Waals surface area contributed by atoms with Crippen LogP contribution in [0.2, 0.25) is 5.02 Å². The second-order valence-electron chi connectivity index (χ2n) is 3.88. The molecule has 0 aliphatic carbocycles. The topological polar surface area (TPSA) is 88.6 Å². The second kappa shape index (κ2) is 6.76. The van der Waals surface area contributed by atoms with E-state index in [0.29, 0.717) is 22.7 Å². The quantitative estimate of drug-likeness (QED) is 0.650. The molecule has 0 spiro atoms. The number of aromatic nitrogens is 2. The Kier molecular flexibility index (Phi) is 4.78. The maximum Gasteiger partial charge on any atom is 0.285 e. The lowest BCUT2D eigenvalue weighted by Gasteiger charge is -2.09. The summed E-state index contributed by atoms with van der Waals surface area (Å²) in [7, 11) is 3.10. The number of methoxy groups -OCH3 is 2. The molecule has 0 radical (unpaired) electrons. The molecule has 0 atom stereocenters. The van der Waals surface area contributed by atoms with Crippen molar-refractivity contribution in [2.75, 3.05) is 19.6 Å². The van der Waals surface area contributed by atoms with E-state index in [9.17, 15) is 4.79 Å². The van der Waals surface area contributed by atoms with Gasteiger partial charge in [-0.05, 0) is 12.1 Å². The molecule has 2 aromatic rings. The summed E-state index contributed by atoms with van der Waals surface area (Å²) in [5, 5.41) is 9.84. The molecule has 2 N–H and O–H groups in total. The molecule has 0 saturated heterocycles. The molecule has 1 aromatic carbocycles. The molecule has 2 rings (SSSR count). The van der Waals surface area contributed by atoms with Crippen molar-refractivity contribution >= 4 is 23.5 Å². The third kappa shape index (κ3) is 3.32. The van der Waals surface area contributed by atoms with Gasteiger partial charge in [0.2, 0.25) is 0 Å². The molecular weight excluding hydrogens is 296 g/mol. The third-order valence-electron chi connectivity index (χ3n) is 2.62. The Labute approximate surface area is 125 Å². The largest absolute Gasteiger partial charge is 0.493 e. The summed E-state index contributed by atoms with van der Waals surface area (Å²) in [4.78, 5) is 11.3. The molecule has 0 aliphatic heterocycles. The van der Waals surface area contributed by atoms with E-state index < -0.39 is 5.56 Å². The van der Waals surface area contributed by atoms with Gasteiger partial charge in [0.05, 0.1) is 26.6 Å². The van der Waals surface area contributed by atoms with Crippen LogP contribution in [0.4, 0.5) is 5.69 Å². The summed E-state index contributed by atoms with van der Waals surface area (Å²) in [5.74, 6) is 1.15. The van der Waals surface area contributed by atoms with Crippen molar-refractivity contribution in [3.05, 3.63) is 45.3 Å². The van der Waals surface area contributed by atoms with E-state index in [-0.39, 0.29) is 5.02 Å². The number of nitrogens with one attached hydrogen (secondary N) is 2. The Morgan fingerprint density at radius 2 is 2.19 bits per heavy atom. The standard InChI is InChI=1S/C13H13ClN4O3/c1-20-10-5-3-4-8(12(10)21-2)6-15-17-9-7-16-18-13(19)11(9)14/h3-7H,1-2H3,(H2,17,18,19). The van der Waals surface area contributed by atoms with E-state index in [0.717, 1.165) is 0 Å². The summed E-state index contributed by atoms with van der Waals surface area (Å²) in [6.45, 7) is 0. The highest BCUT2D eigenvalue weighted by molar-refractivity contribution is 6.32. The number of benzene rings is 1. The Morgan fingerprint density at radius 1 is 1.38 bits per heavy atom. The molecule has 0 aliphatic rings. The average Bonchev–Trinajstić information content (AvgIpc) is 2.51. The van der Waals surface area contributed by atoms with Gasteiger partial charge in [-0.3, -0.25) is 10.2 Å². The third-order valence-corrected chi connectivity index (χ3v) is 2.99. The number of para-hydroxylation sites is 1. The summed E-state index contributed by atoms with van der Waals surface area (Å²) >= 11 is 5.82. The predicted octanol–water partition coefficient (Wildman–Crippen LogP) is 1.89. The van der Waals surface area contributed by atoms with Crippen LogP contribution in [0, 0.1) is 0 Å². The van der Waals surface area contributed by atoms with Crippen LogP contribution in [-0.2, 0) is 0 Å². The second-order valence-corrected chi connectivity index (χ2v) is 4.26. The van der Waals surface area contributed by atoms with Crippen LogP contribution in [0.3, 0.4) is 0 Å². The number of hydrogen-bond acceptors (Lipinski definition) is 6. The summed E-state index contributed by atoms with van der Waals surface area (Å²) < 4.78 is 10.5. The highest BCUT2D eigenvalue weighted by Crippen LogP contribution is 2.29. The van der Waals surface area contributed by atoms with Gasteiger partial charge in [-0.1, -0.05) is 17.7 Å². The normalized spacial score (nSPS) is 10.6. The molecule has 0 fully saturated rings. The summed E-state index contributed by atoms with van der Waals surface area (Å²) in [5.41, 5.74) is 3.17. The zero-order chi connectivity index (χ0) is 15.2. The van der Waals surface area contributed by atoms with Crippen LogP contribution < -0.4 is 20.5 Å². The first kappa shape index (κ1) is 14.9. The average molecular weight is 309 g/mol.